The number of ether oxygens (including phenoxy) is 2. The first kappa shape index (κ1) is 14.9. The molecule has 0 aromatic heterocycles. The minimum absolute atomic E-state index is 0.129. The van der Waals surface area contributed by atoms with Crippen LogP contribution in [0.2, 0.25) is 0 Å². The van der Waals surface area contributed by atoms with Crippen LogP contribution < -0.4 is 5.32 Å². The fourth-order valence-corrected chi connectivity index (χ4v) is 1.53. The Balaban J connectivity index is 2.83. The second kappa shape index (κ2) is 6.17. The highest BCUT2D eigenvalue weighted by molar-refractivity contribution is 5.83. The smallest absolute Gasteiger partial charge is 0.330 e. The number of esters is 1. The van der Waals surface area contributed by atoms with Crippen LogP contribution >= 0.6 is 0 Å². The lowest BCUT2D eigenvalue weighted by molar-refractivity contribution is -0.144. The van der Waals surface area contributed by atoms with E-state index in [0.717, 1.165) is 0 Å². The third kappa shape index (κ3) is 3.94. The molecule has 1 aromatic rings. The van der Waals surface area contributed by atoms with E-state index < -0.39 is 17.3 Å². The van der Waals surface area contributed by atoms with Crippen LogP contribution in [0, 0.1) is 5.82 Å². The van der Waals surface area contributed by atoms with Gasteiger partial charge in [-0.15, -0.1) is 0 Å². The number of halogens is 1. The van der Waals surface area contributed by atoms with Crippen LogP contribution in [-0.2, 0) is 25.7 Å². The van der Waals surface area contributed by atoms with Crippen LogP contribution in [0.4, 0.5) is 10.1 Å². The molecular weight excluding hydrogens is 253 g/mol. The number of rotatable bonds is 6. The lowest BCUT2D eigenvalue weighted by Crippen LogP contribution is -2.41. The van der Waals surface area contributed by atoms with Gasteiger partial charge >= 0.3 is 5.97 Å². The summed E-state index contributed by atoms with van der Waals surface area (Å²) in [6, 6.07) is 4.31. The average Bonchev–Trinajstić information content (AvgIpc) is 2.36. The highest BCUT2D eigenvalue weighted by atomic mass is 19.1. The molecule has 19 heavy (non-hydrogen) atoms. The average molecular weight is 269 g/mol. The first-order valence-corrected chi connectivity index (χ1v) is 5.61. The van der Waals surface area contributed by atoms with Crippen LogP contribution in [-0.4, -0.2) is 25.1 Å². The first-order chi connectivity index (χ1) is 8.90. The van der Waals surface area contributed by atoms with Crippen molar-refractivity contribution in [1.29, 1.82) is 0 Å². The minimum atomic E-state index is -0.970. The Morgan fingerprint density at radius 1 is 1.47 bits per heavy atom. The van der Waals surface area contributed by atoms with E-state index in [0.29, 0.717) is 5.69 Å². The minimum Gasteiger partial charge on any atom is -0.467 e. The summed E-state index contributed by atoms with van der Waals surface area (Å²) in [5.74, 6) is -0.978. The molecule has 0 aliphatic heterocycles. The van der Waals surface area contributed by atoms with Gasteiger partial charge in [0, 0.05) is 11.3 Å². The molecule has 5 nitrogen and oxygen atoms in total. The summed E-state index contributed by atoms with van der Waals surface area (Å²) in [5.41, 5.74) is -0.279. The lowest BCUT2D eigenvalue weighted by atomic mass is 10.1. The van der Waals surface area contributed by atoms with Crippen LogP contribution in [0.3, 0.4) is 0 Å². The highest BCUT2D eigenvalue weighted by Crippen LogP contribution is 2.20. The van der Waals surface area contributed by atoms with E-state index in [9.17, 15) is 14.0 Å². The Morgan fingerprint density at radius 3 is 2.68 bits per heavy atom. The van der Waals surface area contributed by atoms with Gasteiger partial charge in [-0.1, -0.05) is 6.07 Å². The second-order valence-corrected chi connectivity index (χ2v) is 4.45. The topological polar surface area (TPSA) is 64.6 Å². The summed E-state index contributed by atoms with van der Waals surface area (Å²) >= 11 is 0. The predicted molar refractivity (Wildman–Crippen MR) is 67.0 cm³/mol. The normalized spacial score (nSPS) is 10.7. The summed E-state index contributed by atoms with van der Waals surface area (Å²) in [6.45, 7) is 3.38. The third-order valence-electron chi connectivity index (χ3n) is 2.51. The first-order valence-electron chi connectivity index (χ1n) is 5.61. The van der Waals surface area contributed by atoms with Crippen molar-refractivity contribution in [2.75, 3.05) is 12.4 Å². The molecule has 0 atom stereocenters. The van der Waals surface area contributed by atoms with E-state index in [2.05, 4.69) is 14.8 Å². The van der Waals surface area contributed by atoms with Crippen LogP contribution in [0.25, 0.3) is 0 Å². The number of anilines is 1. The van der Waals surface area contributed by atoms with Gasteiger partial charge in [0.1, 0.15) is 18.0 Å². The van der Waals surface area contributed by atoms with Gasteiger partial charge in [0.25, 0.3) is 6.47 Å². The predicted octanol–water partition coefficient (Wildman–Crippen LogP) is 1.86. The fourth-order valence-electron chi connectivity index (χ4n) is 1.53. The van der Waals surface area contributed by atoms with Gasteiger partial charge in [-0.25, -0.2) is 9.18 Å². The molecule has 1 aromatic carbocycles. The molecule has 6 heteroatoms. The molecule has 0 unspecified atom stereocenters. The van der Waals surface area contributed by atoms with Crippen LogP contribution in [0.15, 0.2) is 18.2 Å². The molecule has 0 saturated heterocycles. The number of hydrogen-bond donors (Lipinski definition) is 1. The molecule has 0 saturated carbocycles. The molecule has 0 aliphatic carbocycles. The zero-order valence-corrected chi connectivity index (χ0v) is 11.0. The maximum atomic E-state index is 13.7. The van der Waals surface area contributed by atoms with Crippen molar-refractivity contribution in [3.05, 3.63) is 29.6 Å². The van der Waals surface area contributed by atoms with E-state index in [1.807, 2.05) is 0 Å². The number of nitrogens with one attached hydrogen (secondary N) is 1. The molecule has 0 fully saturated rings. The van der Waals surface area contributed by atoms with E-state index in [4.69, 9.17) is 0 Å². The number of benzene rings is 1. The number of methoxy groups -OCH3 is 1. The number of carbonyl (C=O) groups is 2. The van der Waals surface area contributed by atoms with E-state index in [-0.39, 0.29) is 18.6 Å². The van der Waals surface area contributed by atoms with Gasteiger partial charge in [-0.05, 0) is 26.0 Å². The van der Waals surface area contributed by atoms with Crippen LogP contribution in [0.1, 0.15) is 19.4 Å². The SMILES string of the molecule is COC(=O)C(C)(C)Nc1ccc(COC=O)c(F)c1. The zero-order chi connectivity index (χ0) is 14.5. The molecule has 0 amide bonds. The maximum Gasteiger partial charge on any atom is 0.330 e. The third-order valence-corrected chi connectivity index (χ3v) is 2.51. The van der Waals surface area contributed by atoms with Gasteiger partial charge in [-0.2, -0.15) is 0 Å². The Bertz CT molecular complexity index is 474. The molecule has 1 rings (SSSR count). The lowest BCUT2D eigenvalue weighted by Gasteiger charge is -2.24. The molecule has 0 aliphatic rings. The Labute approximate surface area is 110 Å². The quantitative estimate of drug-likeness (QED) is 0.631. The summed E-state index contributed by atoms with van der Waals surface area (Å²) < 4.78 is 22.8. The van der Waals surface area contributed by atoms with Gasteiger partial charge < -0.3 is 14.8 Å². The molecule has 1 N–H and O–H groups in total. The Hall–Kier alpha value is -2.11. The monoisotopic (exact) mass is 269 g/mol. The van der Waals surface area contributed by atoms with Crippen molar-refractivity contribution in [2.24, 2.45) is 0 Å². The van der Waals surface area contributed by atoms with Crippen molar-refractivity contribution in [1.82, 2.24) is 0 Å². The molecule has 0 radical (unpaired) electrons. The van der Waals surface area contributed by atoms with E-state index in [1.54, 1.807) is 19.9 Å². The zero-order valence-electron chi connectivity index (χ0n) is 11.0. The van der Waals surface area contributed by atoms with Crippen molar-refractivity contribution < 1.29 is 23.5 Å². The largest absolute Gasteiger partial charge is 0.467 e. The molecule has 104 valence electrons. The van der Waals surface area contributed by atoms with Gasteiger partial charge in [0.2, 0.25) is 0 Å². The van der Waals surface area contributed by atoms with Crippen molar-refractivity contribution in [3.63, 3.8) is 0 Å². The van der Waals surface area contributed by atoms with E-state index >= 15 is 0 Å². The fraction of sp³-hybridized carbons (Fsp3) is 0.385. The van der Waals surface area contributed by atoms with E-state index in [1.165, 1.54) is 19.2 Å². The molecule has 0 spiro atoms. The Kier molecular flexibility index (Phi) is 4.86. The summed E-state index contributed by atoms with van der Waals surface area (Å²) in [7, 11) is 1.28. The summed E-state index contributed by atoms with van der Waals surface area (Å²) in [4.78, 5) is 21.5. The maximum absolute atomic E-state index is 13.7. The number of carbonyl (C=O) groups excluding carboxylic acids is 2. The summed E-state index contributed by atoms with van der Waals surface area (Å²) in [5, 5.41) is 2.87. The van der Waals surface area contributed by atoms with Crippen molar-refractivity contribution in [3.8, 4) is 0 Å². The summed E-state index contributed by atoms with van der Waals surface area (Å²) in [6.07, 6.45) is 0. The van der Waals surface area contributed by atoms with Crippen molar-refractivity contribution in [2.45, 2.75) is 26.0 Å². The molecule has 0 heterocycles. The van der Waals surface area contributed by atoms with Gasteiger partial charge in [-0.3, -0.25) is 4.79 Å². The molecule has 0 bridgehead atoms. The standard InChI is InChI=1S/C13H16FNO4/c1-13(2,12(17)18-3)15-10-5-4-9(7-19-8-16)11(14)6-10/h4-6,8,15H,7H2,1-3H3. The van der Waals surface area contributed by atoms with Crippen molar-refractivity contribution >= 4 is 18.1 Å². The molecular formula is C13H16FNO4. The van der Waals surface area contributed by atoms with Crippen LogP contribution in [0.5, 0.6) is 0 Å². The highest BCUT2D eigenvalue weighted by Gasteiger charge is 2.28. The van der Waals surface area contributed by atoms with Gasteiger partial charge in [0.15, 0.2) is 0 Å². The Morgan fingerprint density at radius 2 is 2.16 bits per heavy atom. The number of hydrogen-bond acceptors (Lipinski definition) is 5. The second-order valence-electron chi connectivity index (χ2n) is 4.45. The van der Waals surface area contributed by atoms with Gasteiger partial charge in [0.05, 0.1) is 7.11 Å².